The number of hydrogen-bond acceptors (Lipinski definition) is 4. The molecule has 0 unspecified atom stereocenters. The summed E-state index contributed by atoms with van der Waals surface area (Å²) in [6, 6.07) is 7.74. The first kappa shape index (κ1) is 12.7. The van der Waals surface area contributed by atoms with E-state index >= 15 is 0 Å². The van der Waals surface area contributed by atoms with Crippen LogP contribution in [0.4, 0.5) is 4.39 Å². The monoisotopic (exact) mass is 255 g/mol. The predicted molar refractivity (Wildman–Crippen MR) is 65.6 cm³/mol. The molecule has 0 aliphatic heterocycles. The fourth-order valence-corrected chi connectivity index (χ4v) is 1.86. The zero-order chi connectivity index (χ0) is 14.0. The number of para-hydroxylation sites is 1. The second-order valence-electron chi connectivity index (χ2n) is 4.00. The summed E-state index contributed by atoms with van der Waals surface area (Å²) in [5, 5.41) is 17.9. The van der Waals surface area contributed by atoms with Crippen LogP contribution in [0.5, 0.6) is 0 Å². The van der Waals surface area contributed by atoms with Gasteiger partial charge in [-0.2, -0.15) is 10.5 Å². The molecule has 0 radical (unpaired) electrons. The molecule has 1 atom stereocenters. The van der Waals surface area contributed by atoms with E-state index in [9.17, 15) is 4.39 Å². The van der Waals surface area contributed by atoms with Gasteiger partial charge in [-0.25, -0.2) is 9.37 Å². The summed E-state index contributed by atoms with van der Waals surface area (Å²) in [7, 11) is 0. The maximum absolute atomic E-state index is 14.0. The van der Waals surface area contributed by atoms with Gasteiger partial charge in [-0.3, -0.25) is 4.57 Å². The molecular weight excluding hydrogens is 245 g/mol. The molecular formula is C13H10FN5. The molecule has 1 aromatic heterocycles. The van der Waals surface area contributed by atoms with Gasteiger partial charge in [0.25, 0.3) is 0 Å². The van der Waals surface area contributed by atoms with E-state index in [4.69, 9.17) is 16.3 Å². The SMILES string of the molecule is C[C@@H](N)c1cccc(F)c1-n1cnc(C#N)c1C#N. The molecule has 0 saturated carbocycles. The third-order valence-electron chi connectivity index (χ3n) is 2.73. The molecule has 2 aromatic rings. The summed E-state index contributed by atoms with van der Waals surface area (Å²) in [4.78, 5) is 3.80. The van der Waals surface area contributed by atoms with E-state index in [1.807, 2.05) is 6.07 Å². The minimum atomic E-state index is -0.520. The van der Waals surface area contributed by atoms with E-state index in [1.54, 1.807) is 25.1 Å². The first-order chi connectivity index (χ1) is 9.10. The lowest BCUT2D eigenvalue weighted by Gasteiger charge is -2.14. The number of imidazole rings is 1. The molecule has 0 saturated heterocycles. The molecule has 0 spiro atoms. The van der Waals surface area contributed by atoms with Crippen LogP contribution >= 0.6 is 0 Å². The van der Waals surface area contributed by atoms with Crippen molar-refractivity contribution >= 4 is 0 Å². The van der Waals surface area contributed by atoms with Gasteiger partial charge in [0.1, 0.15) is 24.3 Å². The van der Waals surface area contributed by atoms with Gasteiger partial charge < -0.3 is 5.73 Å². The Balaban J connectivity index is 2.77. The van der Waals surface area contributed by atoms with Crippen LogP contribution in [0, 0.1) is 28.5 Å². The van der Waals surface area contributed by atoms with Crippen LogP contribution in [0.15, 0.2) is 24.5 Å². The van der Waals surface area contributed by atoms with E-state index in [0.29, 0.717) is 5.56 Å². The first-order valence-corrected chi connectivity index (χ1v) is 5.52. The topological polar surface area (TPSA) is 91.4 Å². The zero-order valence-corrected chi connectivity index (χ0v) is 10.1. The Bertz CT molecular complexity index is 703. The van der Waals surface area contributed by atoms with Crippen molar-refractivity contribution in [3.63, 3.8) is 0 Å². The lowest BCUT2D eigenvalue weighted by atomic mass is 10.1. The van der Waals surface area contributed by atoms with Crippen LogP contribution in [0.3, 0.4) is 0 Å². The Kier molecular flexibility index (Phi) is 3.28. The lowest BCUT2D eigenvalue weighted by molar-refractivity contribution is 0.610. The lowest BCUT2D eigenvalue weighted by Crippen LogP contribution is -2.12. The average Bonchev–Trinajstić information content (AvgIpc) is 2.80. The molecule has 0 amide bonds. The molecule has 2 rings (SSSR count). The van der Waals surface area contributed by atoms with Crippen molar-refractivity contribution in [2.24, 2.45) is 5.73 Å². The van der Waals surface area contributed by atoms with Gasteiger partial charge in [0.2, 0.25) is 0 Å². The fourth-order valence-electron chi connectivity index (χ4n) is 1.86. The minimum absolute atomic E-state index is 0.00509. The molecule has 1 aromatic carbocycles. The van der Waals surface area contributed by atoms with Crippen LogP contribution < -0.4 is 5.73 Å². The van der Waals surface area contributed by atoms with Crippen molar-refractivity contribution in [3.05, 3.63) is 47.3 Å². The van der Waals surface area contributed by atoms with Crippen molar-refractivity contribution in [1.29, 1.82) is 10.5 Å². The van der Waals surface area contributed by atoms with E-state index in [0.717, 1.165) is 0 Å². The number of benzene rings is 1. The number of rotatable bonds is 2. The Morgan fingerprint density at radius 2 is 2.11 bits per heavy atom. The Hall–Kier alpha value is -2.70. The number of aromatic nitrogens is 2. The van der Waals surface area contributed by atoms with Gasteiger partial charge >= 0.3 is 0 Å². The van der Waals surface area contributed by atoms with E-state index < -0.39 is 11.9 Å². The average molecular weight is 255 g/mol. The molecule has 6 heteroatoms. The highest BCUT2D eigenvalue weighted by atomic mass is 19.1. The van der Waals surface area contributed by atoms with Crippen LogP contribution in [0.1, 0.15) is 29.9 Å². The second-order valence-corrected chi connectivity index (χ2v) is 4.00. The molecule has 5 nitrogen and oxygen atoms in total. The van der Waals surface area contributed by atoms with Gasteiger partial charge in [0.15, 0.2) is 11.4 Å². The summed E-state index contributed by atoms with van der Waals surface area (Å²) in [5.41, 5.74) is 6.45. The Morgan fingerprint density at radius 1 is 1.37 bits per heavy atom. The highest BCUT2D eigenvalue weighted by Crippen LogP contribution is 2.25. The van der Waals surface area contributed by atoms with Crippen molar-refractivity contribution in [3.8, 4) is 17.8 Å². The van der Waals surface area contributed by atoms with Crippen molar-refractivity contribution in [1.82, 2.24) is 9.55 Å². The standard InChI is InChI=1S/C13H10FN5/c1-8(17)9-3-2-4-10(14)13(9)19-7-18-11(5-15)12(19)6-16/h2-4,7-8H,17H2,1H3/t8-/m1/s1. The number of hydrogen-bond donors (Lipinski definition) is 1. The Labute approximate surface area is 109 Å². The molecule has 0 bridgehead atoms. The molecule has 94 valence electrons. The normalized spacial score (nSPS) is 11.6. The van der Waals surface area contributed by atoms with Gasteiger partial charge in [0.05, 0.1) is 5.69 Å². The highest BCUT2D eigenvalue weighted by molar-refractivity contribution is 5.50. The zero-order valence-electron chi connectivity index (χ0n) is 10.1. The number of halogens is 1. The van der Waals surface area contributed by atoms with E-state index in [1.165, 1.54) is 17.0 Å². The first-order valence-electron chi connectivity index (χ1n) is 5.52. The molecule has 0 aliphatic carbocycles. The van der Waals surface area contributed by atoms with Crippen LogP contribution in [0.25, 0.3) is 5.69 Å². The maximum atomic E-state index is 14.0. The molecule has 0 fully saturated rings. The van der Waals surface area contributed by atoms with E-state index in [2.05, 4.69) is 4.98 Å². The summed E-state index contributed by atoms with van der Waals surface area (Å²) in [5.74, 6) is -0.520. The van der Waals surface area contributed by atoms with Crippen LogP contribution in [0.2, 0.25) is 0 Å². The second kappa shape index (κ2) is 4.89. The van der Waals surface area contributed by atoms with E-state index in [-0.39, 0.29) is 17.1 Å². The summed E-state index contributed by atoms with van der Waals surface area (Å²) >= 11 is 0. The summed E-state index contributed by atoms with van der Waals surface area (Å²) in [6.07, 6.45) is 1.25. The maximum Gasteiger partial charge on any atom is 0.177 e. The molecule has 2 N–H and O–H groups in total. The van der Waals surface area contributed by atoms with Crippen molar-refractivity contribution in [2.75, 3.05) is 0 Å². The minimum Gasteiger partial charge on any atom is -0.324 e. The van der Waals surface area contributed by atoms with Gasteiger partial charge in [-0.05, 0) is 18.6 Å². The molecule has 0 aliphatic rings. The van der Waals surface area contributed by atoms with Crippen molar-refractivity contribution < 1.29 is 4.39 Å². The van der Waals surface area contributed by atoms with Gasteiger partial charge in [0, 0.05) is 6.04 Å². The largest absolute Gasteiger partial charge is 0.324 e. The summed E-state index contributed by atoms with van der Waals surface area (Å²) < 4.78 is 15.3. The number of nitrogens with zero attached hydrogens (tertiary/aromatic N) is 4. The third kappa shape index (κ3) is 2.05. The van der Waals surface area contributed by atoms with Crippen LogP contribution in [-0.4, -0.2) is 9.55 Å². The molecule has 1 heterocycles. The predicted octanol–water partition coefficient (Wildman–Crippen LogP) is 1.77. The van der Waals surface area contributed by atoms with Gasteiger partial charge in [-0.15, -0.1) is 0 Å². The smallest absolute Gasteiger partial charge is 0.177 e. The molecule has 19 heavy (non-hydrogen) atoms. The number of nitriles is 2. The third-order valence-corrected chi connectivity index (χ3v) is 2.73. The van der Waals surface area contributed by atoms with Crippen LogP contribution in [-0.2, 0) is 0 Å². The summed E-state index contributed by atoms with van der Waals surface area (Å²) in [6.45, 7) is 1.71. The Morgan fingerprint density at radius 3 is 2.68 bits per heavy atom. The van der Waals surface area contributed by atoms with Gasteiger partial charge in [-0.1, -0.05) is 12.1 Å². The quantitative estimate of drug-likeness (QED) is 0.885. The highest BCUT2D eigenvalue weighted by Gasteiger charge is 2.18. The van der Waals surface area contributed by atoms with Crippen molar-refractivity contribution in [2.45, 2.75) is 13.0 Å². The number of nitrogens with two attached hydrogens (primary N) is 1. The fraction of sp³-hybridized carbons (Fsp3) is 0.154.